The van der Waals surface area contributed by atoms with Crippen LogP contribution < -0.4 is 14.4 Å². The molecule has 1 heterocycles. The summed E-state index contributed by atoms with van der Waals surface area (Å²) in [6.45, 7) is 8.09. The number of nitrogens with one attached hydrogen (secondary N) is 1. The molecule has 0 unspecified atom stereocenters. The Kier molecular flexibility index (Phi) is 5.39. The molecule has 0 aromatic heterocycles. The molecule has 7 heteroatoms. The van der Waals surface area contributed by atoms with E-state index in [4.69, 9.17) is 4.74 Å². The van der Waals surface area contributed by atoms with Crippen LogP contribution in [0.3, 0.4) is 0 Å². The third-order valence-electron chi connectivity index (χ3n) is 5.36. The molecule has 2 aromatic rings. The highest BCUT2D eigenvalue weighted by Gasteiger charge is 2.26. The molecule has 150 valence electrons. The van der Waals surface area contributed by atoms with Gasteiger partial charge in [0.25, 0.3) is 10.0 Å². The van der Waals surface area contributed by atoms with E-state index in [1.165, 1.54) is 7.11 Å². The molecule has 0 saturated carbocycles. The fourth-order valence-corrected chi connectivity index (χ4v) is 5.32. The van der Waals surface area contributed by atoms with Crippen molar-refractivity contribution in [3.63, 3.8) is 0 Å². The van der Waals surface area contributed by atoms with Gasteiger partial charge in [-0.25, -0.2) is 8.42 Å². The summed E-state index contributed by atoms with van der Waals surface area (Å²) in [6.07, 6.45) is 1.32. The fraction of sp³-hybridized carbons (Fsp3) is 0.381. The molecule has 1 aliphatic rings. The van der Waals surface area contributed by atoms with Crippen LogP contribution in [0.4, 0.5) is 11.4 Å². The molecular formula is C21H26N2O4S. The number of ether oxygens (including phenoxy) is 1. The van der Waals surface area contributed by atoms with Gasteiger partial charge in [0.15, 0.2) is 0 Å². The molecule has 1 amide bonds. The maximum absolute atomic E-state index is 13.1. The second-order valence-corrected chi connectivity index (χ2v) is 8.85. The van der Waals surface area contributed by atoms with Crippen molar-refractivity contribution in [2.24, 2.45) is 0 Å². The molecule has 0 aliphatic carbocycles. The van der Waals surface area contributed by atoms with E-state index >= 15 is 0 Å². The van der Waals surface area contributed by atoms with Gasteiger partial charge in [-0.3, -0.25) is 9.52 Å². The van der Waals surface area contributed by atoms with Gasteiger partial charge in [-0.05, 0) is 68.5 Å². The molecule has 0 radical (unpaired) electrons. The van der Waals surface area contributed by atoms with Crippen molar-refractivity contribution in [3.05, 3.63) is 46.5 Å². The summed E-state index contributed by atoms with van der Waals surface area (Å²) in [7, 11) is -2.26. The SMILES string of the molecule is COc1cc(NS(=O)(=O)c2c(C)c(C)cc(C)c2C)ccc1N1CCCC1=O. The zero-order valence-electron chi connectivity index (χ0n) is 16.9. The summed E-state index contributed by atoms with van der Waals surface area (Å²) in [6, 6.07) is 7.00. The summed E-state index contributed by atoms with van der Waals surface area (Å²) < 4.78 is 34.3. The number of aryl methyl sites for hydroxylation is 2. The minimum absolute atomic E-state index is 0.0492. The van der Waals surface area contributed by atoms with Crippen LogP contribution in [0, 0.1) is 27.7 Å². The molecule has 1 N–H and O–H groups in total. The van der Waals surface area contributed by atoms with E-state index < -0.39 is 10.0 Å². The summed E-state index contributed by atoms with van der Waals surface area (Å²) in [5.74, 6) is 0.512. The van der Waals surface area contributed by atoms with Crippen molar-refractivity contribution < 1.29 is 17.9 Å². The Balaban J connectivity index is 1.99. The number of carbonyl (C=O) groups is 1. The van der Waals surface area contributed by atoms with E-state index in [1.807, 2.05) is 33.8 Å². The van der Waals surface area contributed by atoms with Crippen molar-refractivity contribution >= 4 is 27.3 Å². The van der Waals surface area contributed by atoms with E-state index in [9.17, 15) is 13.2 Å². The Morgan fingerprint density at radius 1 is 1.04 bits per heavy atom. The van der Waals surface area contributed by atoms with Crippen LogP contribution >= 0.6 is 0 Å². The second-order valence-electron chi connectivity index (χ2n) is 7.23. The molecular weight excluding hydrogens is 376 g/mol. The number of nitrogens with zero attached hydrogens (tertiary/aromatic N) is 1. The van der Waals surface area contributed by atoms with Crippen molar-refractivity contribution in [2.75, 3.05) is 23.3 Å². The van der Waals surface area contributed by atoms with E-state index in [2.05, 4.69) is 4.72 Å². The van der Waals surface area contributed by atoms with Crippen LogP contribution in [0.2, 0.25) is 0 Å². The number of sulfonamides is 1. The number of amides is 1. The third kappa shape index (κ3) is 3.58. The van der Waals surface area contributed by atoms with Crippen LogP contribution in [0.25, 0.3) is 0 Å². The molecule has 6 nitrogen and oxygen atoms in total. The lowest BCUT2D eigenvalue weighted by molar-refractivity contribution is -0.117. The standard InChI is InChI=1S/C21H26N2O4S/c1-13-11-14(2)16(4)21(15(13)3)28(25,26)22-17-8-9-18(19(12-17)27-5)23-10-6-7-20(23)24/h8-9,11-12,22H,6-7,10H2,1-5H3. The monoisotopic (exact) mass is 402 g/mol. The number of hydrogen-bond donors (Lipinski definition) is 1. The van der Waals surface area contributed by atoms with Gasteiger partial charge < -0.3 is 9.64 Å². The minimum Gasteiger partial charge on any atom is -0.494 e. The topological polar surface area (TPSA) is 75.7 Å². The maximum atomic E-state index is 13.1. The number of carbonyl (C=O) groups excluding carboxylic acids is 1. The van der Waals surface area contributed by atoms with Gasteiger partial charge >= 0.3 is 0 Å². The minimum atomic E-state index is -3.77. The molecule has 3 rings (SSSR count). The summed E-state index contributed by atoms with van der Waals surface area (Å²) in [5.41, 5.74) is 4.40. The molecule has 28 heavy (non-hydrogen) atoms. The van der Waals surface area contributed by atoms with Gasteiger partial charge in [0.05, 0.1) is 23.4 Å². The van der Waals surface area contributed by atoms with Crippen molar-refractivity contribution in [1.29, 1.82) is 0 Å². The maximum Gasteiger partial charge on any atom is 0.262 e. The number of hydrogen-bond acceptors (Lipinski definition) is 4. The zero-order chi connectivity index (χ0) is 20.6. The lowest BCUT2D eigenvalue weighted by Gasteiger charge is -2.20. The first kappa shape index (κ1) is 20.2. The zero-order valence-corrected chi connectivity index (χ0v) is 17.7. The fourth-order valence-electron chi connectivity index (χ4n) is 3.66. The van der Waals surface area contributed by atoms with Gasteiger partial charge in [0.2, 0.25) is 5.91 Å². The Morgan fingerprint density at radius 3 is 2.21 bits per heavy atom. The lowest BCUT2D eigenvalue weighted by atomic mass is 10.0. The van der Waals surface area contributed by atoms with E-state index in [1.54, 1.807) is 23.1 Å². The largest absolute Gasteiger partial charge is 0.494 e. The Morgan fingerprint density at radius 2 is 1.68 bits per heavy atom. The second kappa shape index (κ2) is 7.47. The van der Waals surface area contributed by atoms with Gasteiger partial charge in [-0.2, -0.15) is 0 Å². The highest BCUT2D eigenvalue weighted by Crippen LogP contribution is 2.35. The molecule has 1 saturated heterocycles. The van der Waals surface area contributed by atoms with Crippen molar-refractivity contribution in [2.45, 2.75) is 45.4 Å². The summed E-state index contributed by atoms with van der Waals surface area (Å²) in [4.78, 5) is 14.0. The smallest absolute Gasteiger partial charge is 0.262 e. The normalized spacial score (nSPS) is 14.5. The predicted molar refractivity (Wildman–Crippen MR) is 111 cm³/mol. The average Bonchev–Trinajstić information content (AvgIpc) is 3.05. The van der Waals surface area contributed by atoms with Crippen LogP contribution in [-0.4, -0.2) is 28.0 Å². The number of benzene rings is 2. The molecule has 0 atom stereocenters. The Bertz CT molecular complexity index is 1020. The van der Waals surface area contributed by atoms with Crippen LogP contribution in [0.15, 0.2) is 29.2 Å². The first-order valence-electron chi connectivity index (χ1n) is 9.24. The third-order valence-corrected chi connectivity index (χ3v) is 7.02. The average molecular weight is 403 g/mol. The molecule has 1 aliphatic heterocycles. The molecule has 0 bridgehead atoms. The lowest BCUT2D eigenvalue weighted by Crippen LogP contribution is -2.24. The van der Waals surface area contributed by atoms with Crippen molar-refractivity contribution in [1.82, 2.24) is 0 Å². The summed E-state index contributed by atoms with van der Waals surface area (Å²) >= 11 is 0. The number of rotatable bonds is 5. The van der Waals surface area contributed by atoms with E-state index in [-0.39, 0.29) is 5.91 Å². The van der Waals surface area contributed by atoms with E-state index in [0.29, 0.717) is 35.0 Å². The van der Waals surface area contributed by atoms with Gasteiger partial charge in [-0.1, -0.05) is 6.07 Å². The van der Waals surface area contributed by atoms with Crippen LogP contribution in [0.5, 0.6) is 5.75 Å². The quantitative estimate of drug-likeness (QED) is 0.824. The first-order chi connectivity index (χ1) is 13.2. The van der Waals surface area contributed by atoms with Gasteiger partial charge in [0, 0.05) is 19.0 Å². The number of anilines is 2. The Hall–Kier alpha value is -2.54. The molecule has 1 fully saturated rings. The predicted octanol–water partition coefficient (Wildman–Crippen LogP) is 3.86. The highest BCUT2D eigenvalue weighted by molar-refractivity contribution is 7.92. The van der Waals surface area contributed by atoms with Crippen LogP contribution in [-0.2, 0) is 14.8 Å². The molecule has 2 aromatic carbocycles. The number of methoxy groups -OCH3 is 1. The highest BCUT2D eigenvalue weighted by atomic mass is 32.2. The Labute approximate surface area is 166 Å². The first-order valence-corrected chi connectivity index (χ1v) is 10.7. The van der Waals surface area contributed by atoms with Gasteiger partial charge in [-0.15, -0.1) is 0 Å². The van der Waals surface area contributed by atoms with E-state index in [0.717, 1.165) is 28.7 Å². The molecule has 0 spiro atoms. The van der Waals surface area contributed by atoms with Crippen LogP contribution in [0.1, 0.15) is 35.1 Å². The summed E-state index contributed by atoms with van der Waals surface area (Å²) in [5, 5.41) is 0. The van der Waals surface area contributed by atoms with Gasteiger partial charge in [0.1, 0.15) is 5.75 Å². The van der Waals surface area contributed by atoms with Crippen molar-refractivity contribution in [3.8, 4) is 5.75 Å².